The summed E-state index contributed by atoms with van der Waals surface area (Å²) in [7, 11) is 1.85. The molecule has 0 saturated heterocycles. The van der Waals surface area contributed by atoms with E-state index >= 15 is 0 Å². The number of carbonyl (C=O) groups excluding carboxylic acids is 1. The Hall–Kier alpha value is -2.74. The van der Waals surface area contributed by atoms with Gasteiger partial charge < -0.3 is 10.4 Å². The molecular formula is C17H20N6O2. The van der Waals surface area contributed by atoms with E-state index in [0.717, 1.165) is 5.56 Å². The maximum Gasteiger partial charge on any atom is 0.270 e. The standard InChI is InChI=1S/C17H20N6O2/c1-10-15(23-5-3-4-18-17(23)20-10)16(25)21-14(11-6-13(24)7-11)12-8-19-22(2)9-12/h3-5,8-9,11,13-14,24H,6-7H2,1-2H3,(H,21,25)/t11?,13?,14-/m0/s1. The maximum atomic E-state index is 13.0. The maximum absolute atomic E-state index is 13.0. The molecule has 8 heteroatoms. The van der Waals surface area contributed by atoms with Gasteiger partial charge in [-0.05, 0) is 31.7 Å². The number of hydrogen-bond donors (Lipinski definition) is 2. The highest BCUT2D eigenvalue weighted by Gasteiger charge is 2.37. The summed E-state index contributed by atoms with van der Waals surface area (Å²) in [5.41, 5.74) is 2.06. The van der Waals surface area contributed by atoms with E-state index in [1.165, 1.54) is 0 Å². The van der Waals surface area contributed by atoms with E-state index < -0.39 is 0 Å². The van der Waals surface area contributed by atoms with Crippen molar-refractivity contribution in [1.82, 2.24) is 29.5 Å². The molecule has 2 N–H and O–H groups in total. The molecule has 0 radical (unpaired) electrons. The Morgan fingerprint density at radius 2 is 2.24 bits per heavy atom. The first kappa shape index (κ1) is 15.8. The van der Waals surface area contributed by atoms with E-state index in [-0.39, 0.29) is 24.0 Å². The van der Waals surface area contributed by atoms with E-state index in [4.69, 9.17) is 0 Å². The highest BCUT2D eigenvalue weighted by molar-refractivity contribution is 5.94. The van der Waals surface area contributed by atoms with Gasteiger partial charge in [0.05, 0.1) is 24.0 Å². The van der Waals surface area contributed by atoms with Gasteiger partial charge in [-0.25, -0.2) is 9.97 Å². The number of fused-ring (bicyclic) bond motifs is 1. The largest absolute Gasteiger partial charge is 0.393 e. The Morgan fingerprint density at radius 3 is 2.92 bits per heavy atom. The SMILES string of the molecule is Cc1nc2ncccn2c1C(=O)N[C@H](c1cnn(C)c1)C1CC(O)C1. The minimum atomic E-state index is -0.289. The highest BCUT2D eigenvalue weighted by atomic mass is 16.3. The summed E-state index contributed by atoms with van der Waals surface area (Å²) in [6.07, 6.45) is 8.15. The van der Waals surface area contributed by atoms with Gasteiger partial charge in [0.2, 0.25) is 5.78 Å². The molecule has 8 nitrogen and oxygen atoms in total. The van der Waals surface area contributed by atoms with Crippen molar-refractivity contribution in [3.8, 4) is 0 Å². The highest BCUT2D eigenvalue weighted by Crippen LogP contribution is 2.38. The second kappa shape index (κ2) is 5.96. The smallest absolute Gasteiger partial charge is 0.270 e. The lowest BCUT2D eigenvalue weighted by Gasteiger charge is -2.37. The van der Waals surface area contributed by atoms with Crippen LogP contribution in [0, 0.1) is 12.8 Å². The van der Waals surface area contributed by atoms with Crippen LogP contribution in [0.25, 0.3) is 5.78 Å². The lowest BCUT2D eigenvalue weighted by Crippen LogP contribution is -2.41. The van der Waals surface area contributed by atoms with Crippen molar-refractivity contribution in [2.75, 3.05) is 0 Å². The molecule has 0 unspecified atom stereocenters. The van der Waals surface area contributed by atoms with Crippen molar-refractivity contribution in [1.29, 1.82) is 0 Å². The van der Waals surface area contributed by atoms with Crippen LogP contribution in [0.1, 0.15) is 40.6 Å². The quantitative estimate of drug-likeness (QED) is 0.739. The van der Waals surface area contributed by atoms with Crippen molar-refractivity contribution in [3.05, 3.63) is 47.8 Å². The third kappa shape index (κ3) is 2.78. The number of carbonyl (C=O) groups is 1. The molecule has 0 bridgehead atoms. The zero-order valence-electron chi connectivity index (χ0n) is 14.1. The minimum Gasteiger partial charge on any atom is -0.393 e. The molecule has 1 amide bonds. The van der Waals surface area contributed by atoms with Gasteiger partial charge in [-0.15, -0.1) is 0 Å². The van der Waals surface area contributed by atoms with Gasteiger partial charge in [0, 0.05) is 31.2 Å². The monoisotopic (exact) mass is 340 g/mol. The van der Waals surface area contributed by atoms with Gasteiger partial charge in [-0.2, -0.15) is 5.10 Å². The fourth-order valence-electron chi connectivity index (χ4n) is 3.46. The second-order valence-corrected chi connectivity index (χ2v) is 6.62. The molecule has 1 aliphatic rings. The first-order valence-electron chi connectivity index (χ1n) is 8.30. The molecule has 130 valence electrons. The fourth-order valence-corrected chi connectivity index (χ4v) is 3.46. The van der Waals surface area contributed by atoms with Crippen molar-refractivity contribution >= 4 is 11.7 Å². The van der Waals surface area contributed by atoms with Gasteiger partial charge in [-0.1, -0.05) is 0 Å². The van der Waals surface area contributed by atoms with Crippen LogP contribution in [-0.4, -0.2) is 41.3 Å². The van der Waals surface area contributed by atoms with Gasteiger partial charge in [-0.3, -0.25) is 13.9 Å². The lowest BCUT2D eigenvalue weighted by molar-refractivity contribution is 0.0234. The normalized spacial score (nSPS) is 21.1. The van der Waals surface area contributed by atoms with Crippen LogP contribution in [-0.2, 0) is 7.05 Å². The number of amides is 1. The number of nitrogens with zero attached hydrogens (tertiary/aromatic N) is 5. The Bertz CT molecular complexity index is 924. The third-order valence-electron chi connectivity index (χ3n) is 4.78. The summed E-state index contributed by atoms with van der Waals surface area (Å²) in [5.74, 6) is 0.496. The zero-order valence-corrected chi connectivity index (χ0v) is 14.1. The molecule has 3 aromatic heterocycles. The van der Waals surface area contributed by atoms with Crippen LogP contribution < -0.4 is 5.32 Å². The first-order chi connectivity index (χ1) is 12.0. The molecule has 0 aromatic carbocycles. The van der Waals surface area contributed by atoms with Crippen molar-refractivity contribution in [2.24, 2.45) is 13.0 Å². The number of hydrogen-bond acceptors (Lipinski definition) is 5. The van der Waals surface area contributed by atoms with Crippen LogP contribution in [0.3, 0.4) is 0 Å². The summed E-state index contributed by atoms with van der Waals surface area (Å²) >= 11 is 0. The average molecular weight is 340 g/mol. The molecule has 1 aliphatic carbocycles. The molecule has 0 spiro atoms. The van der Waals surface area contributed by atoms with Crippen LogP contribution in [0.4, 0.5) is 0 Å². The number of aryl methyl sites for hydroxylation is 2. The number of rotatable bonds is 4. The van der Waals surface area contributed by atoms with Crippen LogP contribution >= 0.6 is 0 Å². The summed E-state index contributed by atoms with van der Waals surface area (Å²) in [4.78, 5) is 21.5. The molecular weight excluding hydrogens is 320 g/mol. The van der Waals surface area contributed by atoms with Gasteiger partial charge in [0.15, 0.2) is 0 Å². The predicted molar refractivity (Wildman–Crippen MR) is 89.9 cm³/mol. The Balaban J connectivity index is 1.65. The zero-order chi connectivity index (χ0) is 17.6. The molecule has 25 heavy (non-hydrogen) atoms. The number of nitrogens with one attached hydrogen (secondary N) is 1. The van der Waals surface area contributed by atoms with Crippen molar-refractivity contribution in [3.63, 3.8) is 0 Å². The predicted octanol–water partition coefficient (Wildman–Crippen LogP) is 1.01. The molecule has 1 fully saturated rings. The van der Waals surface area contributed by atoms with Crippen LogP contribution in [0.15, 0.2) is 30.9 Å². The summed E-state index contributed by atoms with van der Waals surface area (Å²) < 4.78 is 3.41. The third-order valence-corrected chi connectivity index (χ3v) is 4.78. The van der Waals surface area contributed by atoms with Gasteiger partial charge in [0.25, 0.3) is 5.91 Å². The molecule has 0 aliphatic heterocycles. The topological polar surface area (TPSA) is 97.3 Å². The number of aliphatic hydroxyl groups is 1. The van der Waals surface area contributed by atoms with Crippen LogP contribution in [0.2, 0.25) is 0 Å². The number of imidazole rings is 1. The molecule has 1 saturated carbocycles. The lowest BCUT2D eigenvalue weighted by atomic mass is 9.75. The van der Waals surface area contributed by atoms with E-state index in [1.54, 1.807) is 40.7 Å². The number of aromatic nitrogens is 5. The van der Waals surface area contributed by atoms with Gasteiger partial charge >= 0.3 is 0 Å². The van der Waals surface area contributed by atoms with E-state index in [2.05, 4.69) is 20.4 Å². The number of aliphatic hydroxyl groups excluding tert-OH is 1. The Labute approximate surface area is 144 Å². The molecule has 4 rings (SSSR count). The first-order valence-corrected chi connectivity index (χ1v) is 8.30. The Kier molecular flexibility index (Phi) is 3.76. The summed E-state index contributed by atoms with van der Waals surface area (Å²) in [5, 5.41) is 17.0. The Morgan fingerprint density at radius 1 is 1.44 bits per heavy atom. The van der Waals surface area contributed by atoms with Crippen LogP contribution in [0.5, 0.6) is 0 Å². The summed E-state index contributed by atoms with van der Waals surface area (Å²) in [6.45, 7) is 1.80. The molecule has 1 atom stereocenters. The van der Waals surface area contributed by atoms with E-state index in [1.807, 2.05) is 13.2 Å². The van der Waals surface area contributed by atoms with Crippen molar-refractivity contribution in [2.45, 2.75) is 31.9 Å². The summed E-state index contributed by atoms with van der Waals surface area (Å²) in [6, 6.07) is 1.58. The van der Waals surface area contributed by atoms with Gasteiger partial charge in [0.1, 0.15) is 5.69 Å². The van der Waals surface area contributed by atoms with E-state index in [0.29, 0.717) is 30.0 Å². The minimum absolute atomic E-state index is 0.189. The second-order valence-electron chi connectivity index (χ2n) is 6.62. The van der Waals surface area contributed by atoms with E-state index in [9.17, 15) is 9.90 Å². The molecule has 3 heterocycles. The fraction of sp³-hybridized carbons (Fsp3) is 0.412. The molecule has 3 aromatic rings. The average Bonchev–Trinajstić information content (AvgIpc) is 3.12. The van der Waals surface area contributed by atoms with Crippen molar-refractivity contribution < 1.29 is 9.90 Å².